The predicted octanol–water partition coefficient (Wildman–Crippen LogP) is 5.38. The first-order chi connectivity index (χ1) is 17.5. The minimum Gasteiger partial charge on any atom is -0.494 e. The van der Waals surface area contributed by atoms with Gasteiger partial charge in [-0.1, -0.05) is 62.2 Å². The molecule has 0 saturated heterocycles. The van der Waals surface area contributed by atoms with E-state index in [0.29, 0.717) is 30.0 Å². The summed E-state index contributed by atoms with van der Waals surface area (Å²) in [6, 6.07) is 24.1. The number of hydrogen-bond donors (Lipinski definition) is 2. The molecular weight excluding hydrogens is 470 g/mol. The van der Waals surface area contributed by atoms with Crippen LogP contribution in [-0.4, -0.2) is 37.1 Å². The standard InChI is InChI=1S/C29H33N3O3S/c1-3-4-10-21-35-24-17-15-23(16-18-24)27(33)31-29(36)32(2)26-14-9-8-13-25(26)28(34)30-20-19-22-11-6-5-7-12-22/h5-9,11-18H,3-4,10,19-21H2,1-2H3,(H,30,34)(H,31,33,36). The monoisotopic (exact) mass is 503 g/mol. The van der Waals surface area contributed by atoms with Crippen molar-refractivity contribution in [2.75, 3.05) is 25.1 Å². The molecule has 0 spiro atoms. The summed E-state index contributed by atoms with van der Waals surface area (Å²) >= 11 is 5.48. The number of carbonyl (C=O) groups is 2. The topological polar surface area (TPSA) is 70.7 Å². The smallest absolute Gasteiger partial charge is 0.257 e. The maximum atomic E-state index is 12.9. The Morgan fingerprint density at radius 2 is 1.58 bits per heavy atom. The number of nitrogens with one attached hydrogen (secondary N) is 2. The zero-order valence-electron chi connectivity index (χ0n) is 20.8. The van der Waals surface area contributed by atoms with Gasteiger partial charge in [0.15, 0.2) is 5.11 Å². The predicted molar refractivity (Wildman–Crippen MR) is 149 cm³/mol. The van der Waals surface area contributed by atoms with E-state index in [0.717, 1.165) is 37.0 Å². The maximum absolute atomic E-state index is 12.9. The van der Waals surface area contributed by atoms with Gasteiger partial charge in [-0.05, 0) is 67.0 Å². The third-order valence-electron chi connectivity index (χ3n) is 5.71. The Bertz CT molecular complexity index is 1150. The van der Waals surface area contributed by atoms with Crippen LogP contribution in [0.5, 0.6) is 5.75 Å². The second-order valence-electron chi connectivity index (χ2n) is 8.41. The van der Waals surface area contributed by atoms with Gasteiger partial charge in [-0.15, -0.1) is 0 Å². The Morgan fingerprint density at radius 1 is 0.889 bits per heavy atom. The number of unbranched alkanes of at least 4 members (excludes halogenated alkanes) is 2. The Balaban J connectivity index is 1.57. The molecule has 0 aliphatic heterocycles. The zero-order chi connectivity index (χ0) is 25.8. The summed E-state index contributed by atoms with van der Waals surface area (Å²) in [4.78, 5) is 27.3. The van der Waals surface area contributed by atoms with E-state index in [4.69, 9.17) is 17.0 Å². The van der Waals surface area contributed by atoms with Gasteiger partial charge in [0.25, 0.3) is 11.8 Å². The molecule has 0 saturated carbocycles. The van der Waals surface area contributed by atoms with Gasteiger partial charge in [-0.3, -0.25) is 14.9 Å². The van der Waals surface area contributed by atoms with E-state index in [2.05, 4.69) is 17.6 Å². The van der Waals surface area contributed by atoms with Crippen LogP contribution in [-0.2, 0) is 6.42 Å². The minimum atomic E-state index is -0.325. The lowest BCUT2D eigenvalue weighted by Crippen LogP contribution is -2.41. The molecular formula is C29H33N3O3S. The molecule has 188 valence electrons. The summed E-state index contributed by atoms with van der Waals surface area (Å²) in [6.07, 6.45) is 4.01. The van der Waals surface area contributed by atoms with Gasteiger partial charge in [-0.2, -0.15) is 0 Å². The van der Waals surface area contributed by atoms with Crippen molar-refractivity contribution in [3.63, 3.8) is 0 Å². The van der Waals surface area contributed by atoms with Crippen LogP contribution in [0, 0.1) is 0 Å². The molecule has 0 atom stereocenters. The van der Waals surface area contributed by atoms with Gasteiger partial charge in [-0.25, -0.2) is 0 Å². The number of para-hydroxylation sites is 1. The Labute approximate surface area is 218 Å². The van der Waals surface area contributed by atoms with Crippen molar-refractivity contribution in [1.82, 2.24) is 10.6 Å². The van der Waals surface area contributed by atoms with Gasteiger partial charge in [0.05, 0.1) is 17.9 Å². The van der Waals surface area contributed by atoms with E-state index >= 15 is 0 Å². The number of anilines is 1. The van der Waals surface area contributed by atoms with Crippen LogP contribution >= 0.6 is 12.2 Å². The first-order valence-electron chi connectivity index (χ1n) is 12.2. The van der Waals surface area contributed by atoms with E-state index in [1.54, 1.807) is 54.4 Å². The first-order valence-corrected chi connectivity index (χ1v) is 12.6. The third-order valence-corrected chi connectivity index (χ3v) is 6.09. The highest BCUT2D eigenvalue weighted by Crippen LogP contribution is 2.20. The molecule has 0 aliphatic carbocycles. The normalized spacial score (nSPS) is 10.4. The summed E-state index contributed by atoms with van der Waals surface area (Å²) < 4.78 is 5.70. The fourth-order valence-corrected chi connectivity index (χ4v) is 3.82. The van der Waals surface area contributed by atoms with Crippen LogP contribution < -0.4 is 20.3 Å². The molecule has 0 fully saturated rings. The highest BCUT2D eigenvalue weighted by Gasteiger charge is 2.18. The molecule has 2 amide bonds. The fraction of sp³-hybridized carbons (Fsp3) is 0.276. The van der Waals surface area contributed by atoms with Crippen LogP contribution in [0.25, 0.3) is 0 Å². The molecule has 0 radical (unpaired) electrons. The number of thiocarbonyl (C=S) groups is 1. The molecule has 0 unspecified atom stereocenters. The average molecular weight is 504 g/mol. The van der Waals surface area contributed by atoms with E-state index in [-0.39, 0.29) is 16.9 Å². The second kappa shape index (κ2) is 14.0. The first kappa shape index (κ1) is 26.9. The molecule has 0 aromatic heterocycles. The number of benzene rings is 3. The van der Waals surface area contributed by atoms with Crippen molar-refractivity contribution < 1.29 is 14.3 Å². The van der Waals surface area contributed by atoms with E-state index in [1.807, 2.05) is 36.4 Å². The largest absolute Gasteiger partial charge is 0.494 e. The summed E-state index contributed by atoms with van der Waals surface area (Å²) in [5.74, 6) is 0.209. The lowest BCUT2D eigenvalue weighted by atomic mass is 10.1. The number of carbonyl (C=O) groups excluding carboxylic acids is 2. The number of ether oxygens (including phenoxy) is 1. The van der Waals surface area contributed by atoms with Gasteiger partial charge < -0.3 is 15.0 Å². The molecule has 0 bridgehead atoms. The van der Waals surface area contributed by atoms with Crippen molar-refractivity contribution in [3.8, 4) is 5.75 Å². The molecule has 0 heterocycles. The summed E-state index contributed by atoms with van der Waals surface area (Å²) in [5.41, 5.74) is 2.71. The molecule has 0 aliphatic rings. The van der Waals surface area contributed by atoms with Gasteiger partial charge in [0, 0.05) is 19.2 Å². The molecule has 36 heavy (non-hydrogen) atoms. The van der Waals surface area contributed by atoms with Crippen molar-refractivity contribution in [2.45, 2.75) is 32.6 Å². The van der Waals surface area contributed by atoms with Gasteiger partial charge in [0.2, 0.25) is 0 Å². The number of hydrogen-bond acceptors (Lipinski definition) is 4. The number of amides is 2. The molecule has 2 N–H and O–H groups in total. The highest BCUT2D eigenvalue weighted by molar-refractivity contribution is 7.80. The summed E-state index contributed by atoms with van der Waals surface area (Å²) in [5, 5.41) is 5.92. The van der Waals surface area contributed by atoms with Crippen LogP contribution in [0.3, 0.4) is 0 Å². The van der Waals surface area contributed by atoms with Crippen molar-refractivity contribution in [3.05, 3.63) is 95.6 Å². The average Bonchev–Trinajstić information content (AvgIpc) is 2.91. The molecule has 3 aromatic rings. The van der Waals surface area contributed by atoms with Crippen LogP contribution in [0.2, 0.25) is 0 Å². The fourth-order valence-electron chi connectivity index (χ4n) is 3.63. The minimum absolute atomic E-state index is 0.197. The van der Waals surface area contributed by atoms with E-state index in [9.17, 15) is 9.59 Å². The van der Waals surface area contributed by atoms with Crippen molar-refractivity contribution >= 4 is 34.8 Å². The van der Waals surface area contributed by atoms with Crippen LogP contribution in [0.4, 0.5) is 5.69 Å². The van der Waals surface area contributed by atoms with Gasteiger partial charge in [0.1, 0.15) is 5.75 Å². The zero-order valence-corrected chi connectivity index (χ0v) is 21.6. The third kappa shape index (κ3) is 7.92. The second-order valence-corrected chi connectivity index (χ2v) is 8.79. The Hall–Kier alpha value is -3.71. The Kier molecular flexibility index (Phi) is 10.5. The van der Waals surface area contributed by atoms with Gasteiger partial charge >= 0.3 is 0 Å². The number of nitrogens with zero attached hydrogens (tertiary/aromatic N) is 1. The highest BCUT2D eigenvalue weighted by atomic mass is 32.1. The maximum Gasteiger partial charge on any atom is 0.257 e. The number of rotatable bonds is 11. The molecule has 6 nitrogen and oxygen atoms in total. The van der Waals surface area contributed by atoms with Crippen molar-refractivity contribution in [2.24, 2.45) is 0 Å². The molecule has 3 aromatic carbocycles. The van der Waals surface area contributed by atoms with E-state index in [1.165, 1.54) is 0 Å². The summed E-state index contributed by atoms with van der Waals surface area (Å²) in [7, 11) is 1.73. The molecule has 3 rings (SSSR count). The van der Waals surface area contributed by atoms with Crippen molar-refractivity contribution in [1.29, 1.82) is 0 Å². The van der Waals surface area contributed by atoms with Crippen LogP contribution in [0.15, 0.2) is 78.9 Å². The summed E-state index contributed by atoms with van der Waals surface area (Å²) in [6.45, 7) is 3.32. The quantitative estimate of drug-likeness (QED) is 0.272. The molecule has 7 heteroatoms. The lowest BCUT2D eigenvalue weighted by molar-refractivity contribution is 0.0952. The van der Waals surface area contributed by atoms with Crippen LogP contribution in [0.1, 0.15) is 52.5 Å². The SMILES string of the molecule is CCCCCOc1ccc(C(=O)NC(=S)N(C)c2ccccc2C(=O)NCCc2ccccc2)cc1. The lowest BCUT2D eigenvalue weighted by Gasteiger charge is -2.23. The van der Waals surface area contributed by atoms with E-state index < -0.39 is 0 Å². The Morgan fingerprint density at radius 3 is 2.31 bits per heavy atom.